The van der Waals surface area contributed by atoms with E-state index in [0.717, 1.165) is 30.3 Å². The molecule has 0 aromatic carbocycles. The van der Waals surface area contributed by atoms with E-state index in [1.807, 2.05) is 0 Å². The van der Waals surface area contributed by atoms with Crippen molar-refractivity contribution in [2.75, 3.05) is 19.6 Å². The lowest BCUT2D eigenvalue weighted by molar-refractivity contribution is 0.0764. The van der Waals surface area contributed by atoms with Gasteiger partial charge in [0.2, 0.25) is 0 Å². The molecule has 0 radical (unpaired) electrons. The molecule has 2 bridgehead atoms. The number of piperazine rings is 1. The predicted molar refractivity (Wildman–Crippen MR) is 72.1 cm³/mol. The number of nitrogens with zero attached hydrogens (tertiary/aromatic N) is 1. The Bertz CT molecular complexity index is 287. The summed E-state index contributed by atoms with van der Waals surface area (Å²) in [5.41, 5.74) is 0.310. The number of hydrogen-bond acceptors (Lipinski definition) is 2. The Morgan fingerprint density at radius 3 is 2.71 bits per heavy atom. The lowest BCUT2D eigenvalue weighted by atomic mass is 9.87. The van der Waals surface area contributed by atoms with Crippen LogP contribution in [0.5, 0.6) is 0 Å². The Morgan fingerprint density at radius 2 is 2.06 bits per heavy atom. The van der Waals surface area contributed by atoms with Crippen LogP contribution in [0.3, 0.4) is 0 Å². The maximum atomic E-state index is 3.66. The molecule has 0 amide bonds. The molecule has 17 heavy (non-hydrogen) atoms. The molecular formula is C15H28N2. The second kappa shape index (κ2) is 4.24. The van der Waals surface area contributed by atoms with E-state index in [-0.39, 0.29) is 0 Å². The van der Waals surface area contributed by atoms with Gasteiger partial charge in [-0.15, -0.1) is 0 Å². The van der Waals surface area contributed by atoms with E-state index in [1.54, 1.807) is 6.42 Å². The summed E-state index contributed by atoms with van der Waals surface area (Å²) in [7, 11) is 0. The molecule has 2 saturated carbocycles. The van der Waals surface area contributed by atoms with Crippen LogP contribution in [0.15, 0.2) is 0 Å². The van der Waals surface area contributed by atoms with Gasteiger partial charge in [0.1, 0.15) is 0 Å². The first-order chi connectivity index (χ1) is 8.03. The fourth-order valence-electron chi connectivity index (χ4n) is 4.42. The van der Waals surface area contributed by atoms with E-state index in [1.165, 1.54) is 32.4 Å². The highest BCUT2D eigenvalue weighted by atomic mass is 15.2. The fourth-order valence-corrected chi connectivity index (χ4v) is 4.42. The normalized spacial score (nSPS) is 45.4. The second-order valence-corrected chi connectivity index (χ2v) is 7.48. The van der Waals surface area contributed by atoms with Crippen LogP contribution in [0.25, 0.3) is 0 Å². The molecule has 0 spiro atoms. The molecule has 1 saturated heterocycles. The Hall–Kier alpha value is -0.0800. The quantitative estimate of drug-likeness (QED) is 0.792. The molecule has 3 fully saturated rings. The first-order valence-corrected chi connectivity index (χ1v) is 7.52. The van der Waals surface area contributed by atoms with Crippen molar-refractivity contribution in [3.05, 3.63) is 0 Å². The highest BCUT2D eigenvalue weighted by Crippen LogP contribution is 2.48. The molecule has 0 aromatic heterocycles. The standard InChI is InChI=1S/C15H28N2/c1-11-8-16-15(2,3)10-17(11)9-14-7-12-4-5-13(14)6-12/h11-14,16H,4-10H2,1-3H3. The van der Waals surface area contributed by atoms with Crippen LogP contribution >= 0.6 is 0 Å². The average Bonchev–Trinajstić information content (AvgIpc) is 2.85. The van der Waals surface area contributed by atoms with Gasteiger partial charge >= 0.3 is 0 Å². The van der Waals surface area contributed by atoms with Crippen molar-refractivity contribution in [2.24, 2.45) is 17.8 Å². The summed E-state index contributed by atoms with van der Waals surface area (Å²) in [6, 6.07) is 0.724. The van der Waals surface area contributed by atoms with Gasteiger partial charge in [-0.05, 0) is 57.8 Å². The van der Waals surface area contributed by atoms with Gasteiger partial charge in [0.05, 0.1) is 0 Å². The zero-order valence-electron chi connectivity index (χ0n) is 11.7. The predicted octanol–water partition coefficient (Wildman–Crippen LogP) is 2.49. The summed E-state index contributed by atoms with van der Waals surface area (Å²) in [6.07, 6.45) is 6.14. The maximum absolute atomic E-state index is 3.66. The van der Waals surface area contributed by atoms with Crippen molar-refractivity contribution in [3.8, 4) is 0 Å². The van der Waals surface area contributed by atoms with E-state index >= 15 is 0 Å². The fraction of sp³-hybridized carbons (Fsp3) is 1.00. The van der Waals surface area contributed by atoms with Crippen LogP contribution in [-0.4, -0.2) is 36.1 Å². The summed E-state index contributed by atoms with van der Waals surface area (Å²) in [5.74, 6) is 3.19. The third-order valence-corrected chi connectivity index (χ3v) is 5.45. The topological polar surface area (TPSA) is 15.3 Å². The van der Waals surface area contributed by atoms with Crippen molar-refractivity contribution in [2.45, 2.75) is 58.0 Å². The van der Waals surface area contributed by atoms with E-state index in [2.05, 4.69) is 31.0 Å². The minimum Gasteiger partial charge on any atom is -0.309 e. The van der Waals surface area contributed by atoms with Gasteiger partial charge in [-0.3, -0.25) is 4.90 Å². The van der Waals surface area contributed by atoms with Gasteiger partial charge in [0.15, 0.2) is 0 Å². The molecule has 2 nitrogen and oxygen atoms in total. The summed E-state index contributed by atoms with van der Waals surface area (Å²) in [5, 5.41) is 3.66. The molecule has 98 valence electrons. The zero-order chi connectivity index (χ0) is 12.0. The van der Waals surface area contributed by atoms with Crippen LogP contribution in [0.4, 0.5) is 0 Å². The molecule has 4 unspecified atom stereocenters. The van der Waals surface area contributed by atoms with Gasteiger partial charge in [-0.2, -0.15) is 0 Å². The Kier molecular flexibility index (Phi) is 2.99. The third kappa shape index (κ3) is 2.39. The zero-order valence-corrected chi connectivity index (χ0v) is 11.7. The van der Waals surface area contributed by atoms with Gasteiger partial charge in [-0.25, -0.2) is 0 Å². The van der Waals surface area contributed by atoms with Crippen molar-refractivity contribution in [1.82, 2.24) is 10.2 Å². The van der Waals surface area contributed by atoms with Crippen molar-refractivity contribution in [3.63, 3.8) is 0 Å². The Balaban J connectivity index is 1.60. The molecule has 0 aromatic rings. The molecule has 3 aliphatic rings. The molecule has 1 heterocycles. The molecular weight excluding hydrogens is 208 g/mol. The Morgan fingerprint density at radius 1 is 1.24 bits per heavy atom. The van der Waals surface area contributed by atoms with E-state index in [0.29, 0.717) is 5.54 Å². The molecule has 1 aliphatic heterocycles. The van der Waals surface area contributed by atoms with Crippen molar-refractivity contribution in [1.29, 1.82) is 0 Å². The Labute approximate surface area is 106 Å². The summed E-state index contributed by atoms with van der Waals surface area (Å²) in [6.45, 7) is 10.8. The minimum absolute atomic E-state index is 0.310. The summed E-state index contributed by atoms with van der Waals surface area (Å²) >= 11 is 0. The van der Waals surface area contributed by atoms with Gasteiger partial charge in [0.25, 0.3) is 0 Å². The summed E-state index contributed by atoms with van der Waals surface area (Å²) in [4.78, 5) is 2.75. The first-order valence-electron chi connectivity index (χ1n) is 7.52. The van der Waals surface area contributed by atoms with Crippen LogP contribution < -0.4 is 5.32 Å². The van der Waals surface area contributed by atoms with Crippen LogP contribution in [0.2, 0.25) is 0 Å². The number of hydrogen-bond donors (Lipinski definition) is 1. The molecule has 3 rings (SSSR count). The molecule has 2 aliphatic carbocycles. The van der Waals surface area contributed by atoms with Crippen LogP contribution in [-0.2, 0) is 0 Å². The number of rotatable bonds is 2. The monoisotopic (exact) mass is 236 g/mol. The van der Waals surface area contributed by atoms with Crippen molar-refractivity contribution < 1.29 is 0 Å². The van der Waals surface area contributed by atoms with Crippen molar-refractivity contribution >= 4 is 0 Å². The smallest absolute Gasteiger partial charge is 0.0252 e. The minimum atomic E-state index is 0.310. The number of fused-ring (bicyclic) bond motifs is 2. The molecule has 2 heteroatoms. The summed E-state index contributed by atoms with van der Waals surface area (Å²) < 4.78 is 0. The first kappa shape index (κ1) is 12.0. The largest absolute Gasteiger partial charge is 0.309 e. The second-order valence-electron chi connectivity index (χ2n) is 7.48. The van der Waals surface area contributed by atoms with Crippen LogP contribution in [0, 0.1) is 17.8 Å². The third-order valence-electron chi connectivity index (χ3n) is 5.45. The van der Waals surface area contributed by atoms with Gasteiger partial charge in [0, 0.05) is 31.2 Å². The van der Waals surface area contributed by atoms with E-state index in [9.17, 15) is 0 Å². The van der Waals surface area contributed by atoms with Gasteiger partial charge in [-0.1, -0.05) is 6.42 Å². The lowest BCUT2D eigenvalue weighted by Gasteiger charge is -2.45. The SMILES string of the molecule is CC1CNC(C)(C)CN1CC1CC2CCC1C2. The van der Waals surface area contributed by atoms with E-state index < -0.39 is 0 Å². The highest BCUT2D eigenvalue weighted by Gasteiger charge is 2.41. The van der Waals surface area contributed by atoms with Crippen LogP contribution in [0.1, 0.15) is 46.5 Å². The van der Waals surface area contributed by atoms with E-state index in [4.69, 9.17) is 0 Å². The highest BCUT2D eigenvalue weighted by molar-refractivity contribution is 4.95. The van der Waals surface area contributed by atoms with Gasteiger partial charge < -0.3 is 5.32 Å². The maximum Gasteiger partial charge on any atom is 0.0252 e. The molecule has 4 atom stereocenters. The number of nitrogens with one attached hydrogen (secondary N) is 1. The molecule has 1 N–H and O–H groups in total. The average molecular weight is 236 g/mol. The lowest BCUT2D eigenvalue weighted by Crippen LogP contribution is -2.61.